The van der Waals surface area contributed by atoms with Gasteiger partial charge in [0, 0.05) is 40.8 Å². The van der Waals surface area contributed by atoms with Crippen molar-refractivity contribution in [2.75, 3.05) is 0 Å². The van der Waals surface area contributed by atoms with Crippen molar-refractivity contribution in [1.82, 2.24) is 0 Å². The van der Waals surface area contributed by atoms with Gasteiger partial charge in [0.05, 0.1) is 5.66 Å². The van der Waals surface area contributed by atoms with Crippen molar-refractivity contribution in [3.05, 3.63) is 0 Å². The van der Waals surface area contributed by atoms with E-state index in [9.17, 15) is 4.57 Å². The van der Waals surface area contributed by atoms with Crippen LogP contribution < -0.4 is 0 Å². The van der Waals surface area contributed by atoms with Gasteiger partial charge >= 0.3 is 7.60 Å². The second-order valence-corrected chi connectivity index (χ2v) is 5.35. The molecule has 0 aromatic rings. The van der Waals surface area contributed by atoms with Gasteiger partial charge < -0.3 is 9.79 Å². The fraction of sp³-hybridized carbons (Fsp3) is 1.00. The normalized spacial score (nSPS) is 13.5. The molecular weight excluding hydrogens is 319 g/mol. The molecule has 0 heterocycles. The van der Waals surface area contributed by atoms with Gasteiger partial charge in [-0.1, -0.05) is 39.5 Å². The maximum Gasteiger partial charge on any atom is 0.328 e. The van der Waals surface area contributed by atoms with Gasteiger partial charge in [0.1, 0.15) is 0 Å². The van der Waals surface area contributed by atoms with E-state index in [-0.39, 0.29) is 40.8 Å². The fourth-order valence-corrected chi connectivity index (χ4v) is 1.55. The van der Waals surface area contributed by atoms with Crippen molar-refractivity contribution in [1.29, 1.82) is 0 Å². The summed E-state index contributed by atoms with van der Waals surface area (Å²) in [5, 5.41) is 0. The van der Waals surface area contributed by atoms with Gasteiger partial charge in [-0.05, 0) is 6.42 Å². The third-order valence-corrected chi connectivity index (χ3v) is 3.46. The molecule has 0 radical (unpaired) electrons. The topological polar surface area (TPSA) is 57.5 Å². The molecule has 3 nitrogen and oxygen atoms in total. The van der Waals surface area contributed by atoms with Crippen LogP contribution in [0.2, 0.25) is 0 Å². The number of rotatable bonds is 6. The SMILES string of the molecule is CCCCCCC(C)P(=O)(O)O.[Nd]. The molecule has 0 aliphatic carbocycles. The first-order chi connectivity index (χ1) is 5.48. The van der Waals surface area contributed by atoms with Gasteiger partial charge in [-0.25, -0.2) is 0 Å². The van der Waals surface area contributed by atoms with Crippen molar-refractivity contribution < 1.29 is 55.2 Å². The van der Waals surface area contributed by atoms with Gasteiger partial charge in [-0.15, -0.1) is 0 Å². The molecule has 0 aliphatic rings. The minimum Gasteiger partial charge on any atom is -0.324 e. The Kier molecular flexibility index (Phi) is 11.4. The third-order valence-electron chi connectivity index (χ3n) is 2.05. The van der Waals surface area contributed by atoms with Crippen LogP contribution in [0.5, 0.6) is 0 Å². The predicted molar refractivity (Wildman–Crippen MR) is 50.3 cm³/mol. The summed E-state index contributed by atoms with van der Waals surface area (Å²) in [5.41, 5.74) is -0.464. The van der Waals surface area contributed by atoms with Crippen LogP contribution in [0.4, 0.5) is 0 Å². The summed E-state index contributed by atoms with van der Waals surface area (Å²) in [6, 6.07) is 0. The minimum absolute atomic E-state index is 0. The summed E-state index contributed by atoms with van der Waals surface area (Å²) in [7, 11) is -3.81. The van der Waals surface area contributed by atoms with Gasteiger partial charge in [0.25, 0.3) is 0 Å². The molecule has 0 saturated carbocycles. The smallest absolute Gasteiger partial charge is 0.324 e. The monoisotopic (exact) mass is 336 g/mol. The fourth-order valence-electron chi connectivity index (χ4n) is 1.03. The second kappa shape index (κ2) is 8.78. The molecule has 1 atom stereocenters. The summed E-state index contributed by atoms with van der Waals surface area (Å²) >= 11 is 0. The van der Waals surface area contributed by atoms with Crippen molar-refractivity contribution in [2.24, 2.45) is 0 Å². The Bertz CT molecular complexity index is 157. The molecule has 0 rings (SSSR count). The van der Waals surface area contributed by atoms with E-state index in [4.69, 9.17) is 9.79 Å². The van der Waals surface area contributed by atoms with Crippen LogP contribution in [0.1, 0.15) is 46.0 Å². The van der Waals surface area contributed by atoms with E-state index in [0.717, 1.165) is 25.7 Å². The van der Waals surface area contributed by atoms with Gasteiger partial charge in [-0.2, -0.15) is 0 Å². The van der Waals surface area contributed by atoms with Gasteiger partial charge in [-0.3, -0.25) is 4.57 Å². The largest absolute Gasteiger partial charge is 0.328 e. The molecule has 5 heteroatoms. The molecule has 0 aromatic carbocycles. The zero-order valence-electron chi connectivity index (χ0n) is 8.36. The van der Waals surface area contributed by atoms with Gasteiger partial charge in [0.15, 0.2) is 0 Å². The zero-order chi connectivity index (χ0) is 9.61. The molecule has 0 spiro atoms. The number of hydrogen-bond donors (Lipinski definition) is 2. The van der Waals surface area contributed by atoms with Gasteiger partial charge in [0.2, 0.25) is 0 Å². The van der Waals surface area contributed by atoms with Crippen LogP contribution in [0.3, 0.4) is 0 Å². The molecule has 0 fully saturated rings. The van der Waals surface area contributed by atoms with E-state index >= 15 is 0 Å². The molecule has 78 valence electrons. The first-order valence-electron chi connectivity index (χ1n) is 4.53. The first kappa shape index (κ1) is 16.9. The number of unbranched alkanes of at least 4 members (excludes halogenated alkanes) is 3. The van der Waals surface area contributed by atoms with E-state index in [0.29, 0.717) is 6.42 Å². The first-order valence-corrected chi connectivity index (χ1v) is 6.22. The Morgan fingerprint density at radius 1 is 1.23 bits per heavy atom. The van der Waals surface area contributed by atoms with Crippen LogP contribution in [-0.2, 0) is 4.57 Å². The van der Waals surface area contributed by atoms with E-state index < -0.39 is 13.3 Å². The summed E-state index contributed by atoms with van der Waals surface area (Å²) in [6.45, 7) is 3.74. The number of hydrogen-bond acceptors (Lipinski definition) is 1. The molecule has 2 N–H and O–H groups in total. The average Bonchev–Trinajstić information content (AvgIpc) is 1.96. The maximum atomic E-state index is 10.7. The van der Waals surface area contributed by atoms with Crippen LogP contribution in [0.15, 0.2) is 0 Å². The quantitative estimate of drug-likeness (QED) is 0.578. The molecule has 1 unspecified atom stereocenters. The standard InChI is InChI=1S/C8H19O3P.Nd/c1-3-4-5-6-7-8(2)12(9,10)11;/h8H,3-7H2,1-2H3,(H2,9,10,11);. The van der Waals surface area contributed by atoms with Crippen LogP contribution in [0.25, 0.3) is 0 Å². The zero-order valence-corrected chi connectivity index (χ0v) is 12.5. The van der Waals surface area contributed by atoms with E-state index in [1.54, 1.807) is 6.92 Å². The maximum absolute atomic E-state index is 10.7. The average molecular weight is 338 g/mol. The minimum atomic E-state index is -3.81. The molecule has 13 heavy (non-hydrogen) atoms. The summed E-state index contributed by atoms with van der Waals surface area (Å²) in [6.07, 6.45) is 4.98. The van der Waals surface area contributed by atoms with E-state index in [1.165, 1.54) is 0 Å². The second-order valence-electron chi connectivity index (χ2n) is 3.29. The molecule has 0 aliphatic heterocycles. The Balaban J connectivity index is 0. The van der Waals surface area contributed by atoms with Crippen molar-refractivity contribution >= 4 is 7.60 Å². The third kappa shape index (κ3) is 9.80. The summed E-state index contributed by atoms with van der Waals surface area (Å²) in [5.74, 6) is 0. The van der Waals surface area contributed by atoms with Crippen LogP contribution in [-0.4, -0.2) is 15.4 Å². The molecule has 0 bridgehead atoms. The summed E-state index contributed by atoms with van der Waals surface area (Å²) in [4.78, 5) is 17.5. The summed E-state index contributed by atoms with van der Waals surface area (Å²) < 4.78 is 10.7. The Morgan fingerprint density at radius 3 is 2.15 bits per heavy atom. The van der Waals surface area contributed by atoms with Crippen molar-refractivity contribution in [3.8, 4) is 0 Å². The van der Waals surface area contributed by atoms with E-state index in [2.05, 4.69) is 6.92 Å². The van der Waals surface area contributed by atoms with Crippen molar-refractivity contribution in [2.45, 2.75) is 51.6 Å². The predicted octanol–water partition coefficient (Wildman–Crippen LogP) is 2.52. The molecule has 0 saturated heterocycles. The molecule has 0 amide bonds. The Morgan fingerprint density at radius 2 is 1.77 bits per heavy atom. The van der Waals surface area contributed by atoms with Crippen LogP contribution in [0, 0.1) is 40.8 Å². The Labute approximate surface area is 113 Å². The van der Waals surface area contributed by atoms with Crippen molar-refractivity contribution in [3.63, 3.8) is 0 Å². The molecular formula is C8H19NdO3P. The van der Waals surface area contributed by atoms with Crippen LogP contribution >= 0.6 is 7.60 Å². The Hall–Kier alpha value is 1.50. The van der Waals surface area contributed by atoms with E-state index in [1.807, 2.05) is 0 Å². The molecule has 0 aromatic heterocycles.